The van der Waals surface area contributed by atoms with Gasteiger partial charge in [0.15, 0.2) is 0 Å². The summed E-state index contributed by atoms with van der Waals surface area (Å²) < 4.78 is 0. The van der Waals surface area contributed by atoms with Crippen molar-refractivity contribution in [2.24, 2.45) is 0 Å². The molecule has 0 aliphatic rings. The van der Waals surface area contributed by atoms with E-state index in [-0.39, 0.29) is 5.41 Å². The number of carboxylic acids is 1. The van der Waals surface area contributed by atoms with Gasteiger partial charge in [0.2, 0.25) is 0 Å². The Bertz CT molecular complexity index is 897. The molecule has 0 atom stereocenters. The first-order valence-corrected chi connectivity index (χ1v) is 8.15. The summed E-state index contributed by atoms with van der Waals surface area (Å²) in [5.41, 5.74) is 2.97. The molecule has 0 saturated heterocycles. The van der Waals surface area contributed by atoms with Gasteiger partial charge >= 0.3 is 5.97 Å². The predicted octanol–water partition coefficient (Wildman–Crippen LogP) is 4.69. The molecule has 3 rings (SSSR count). The molecule has 1 aromatic carbocycles. The second kappa shape index (κ2) is 5.66. The van der Waals surface area contributed by atoms with Crippen LogP contribution in [0.25, 0.3) is 27.6 Å². The van der Waals surface area contributed by atoms with Crippen LogP contribution in [0.2, 0.25) is 0 Å². The summed E-state index contributed by atoms with van der Waals surface area (Å²) in [6.07, 6.45) is 4.65. The molecule has 0 saturated carbocycles. The van der Waals surface area contributed by atoms with E-state index in [4.69, 9.17) is 5.11 Å². The monoisotopic (exact) mass is 326 g/mol. The number of hydrogen-bond acceptors (Lipinski definition) is 3. The van der Waals surface area contributed by atoms with Crippen molar-refractivity contribution in [3.8, 4) is 10.6 Å². The van der Waals surface area contributed by atoms with E-state index >= 15 is 0 Å². The van der Waals surface area contributed by atoms with Crippen LogP contribution < -0.4 is 0 Å². The summed E-state index contributed by atoms with van der Waals surface area (Å²) >= 11 is 1.69. The summed E-state index contributed by atoms with van der Waals surface area (Å²) in [7, 11) is 0. The van der Waals surface area contributed by atoms with Crippen molar-refractivity contribution in [1.29, 1.82) is 0 Å². The highest BCUT2D eigenvalue weighted by Gasteiger charge is 2.19. The van der Waals surface area contributed by atoms with E-state index < -0.39 is 5.97 Å². The van der Waals surface area contributed by atoms with Crippen LogP contribution in [0, 0.1) is 0 Å². The zero-order chi connectivity index (χ0) is 16.6. The Morgan fingerprint density at radius 3 is 2.74 bits per heavy atom. The van der Waals surface area contributed by atoms with E-state index in [0.717, 1.165) is 38.1 Å². The summed E-state index contributed by atoms with van der Waals surface area (Å²) in [6, 6.07) is 7.91. The molecule has 23 heavy (non-hydrogen) atoms. The van der Waals surface area contributed by atoms with Gasteiger partial charge in [0.05, 0.1) is 15.6 Å². The summed E-state index contributed by atoms with van der Waals surface area (Å²) in [5.74, 6) is -0.945. The molecule has 2 aromatic heterocycles. The molecule has 0 unspecified atom stereocenters. The first-order chi connectivity index (χ1) is 10.8. The van der Waals surface area contributed by atoms with Gasteiger partial charge in [0.25, 0.3) is 0 Å². The smallest absolute Gasteiger partial charge is 0.328 e. The third kappa shape index (κ3) is 3.35. The number of aliphatic carboxylic acids is 1. The predicted molar refractivity (Wildman–Crippen MR) is 94.8 cm³/mol. The summed E-state index contributed by atoms with van der Waals surface area (Å²) in [5, 5.41) is 10.9. The Balaban J connectivity index is 1.97. The van der Waals surface area contributed by atoms with Crippen LogP contribution >= 0.6 is 11.3 Å². The minimum atomic E-state index is -0.945. The average Bonchev–Trinajstić information content (AvgIpc) is 3.10. The zero-order valence-corrected chi connectivity index (χ0v) is 14.1. The van der Waals surface area contributed by atoms with Crippen LogP contribution in [-0.4, -0.2) is 21.0 Å². The molecule has 5 heteroatoms. The van der Waals surface area contributed by atoms with Crippen molar-refractivity contribution in [2.45, 2.75) is 26.2 Å². The van der Waals surface area contributed by atoms with Gasteiger partial charge in [-0.15, -0.1) is 11.3 Å². The van der Waals surface area contributed by atoms with E-state index in [0.29, 0.717) is 0 Å². The number of aromatic amines is 1. The Labute approximate surface area is 138 Å². The lowest BCUT2D eigenvalue weighted by molar-refractivity contribution is -0.131. The molecule has 0 radical (unpaired) electrons. The molecule has 2 N–H and O–H groups in total. The van der Waals surface area contributed by atoms with E-state index in [1.54, 1.807) is 17.4 Å². The topological polar surface area (TPSA) is 66.0 Å². The molecule has 0 bridgehead atoms. The van der Waals surface area contributed by atoms with Crippen LogP contribution in [0.1, 0.15) is 31.3 Å². The maximum Gasteiger partial charge on any atom is 0.328 e. The summed E-state index contributed by atoms with van der Waals surface area (Å²) in [6.45, 7) is 6.46. The van der Waals surface area contributed by atoms with Crippen molar-refractivity contribution in [3.63, 3.8) is 0 Å². The summed E-state index contributed by atoms with van der Waals surface area (Å²) in [4.78, 5) is 19.6. The molecule has 2 heterocycles. The van der Waals surface area contributed by atoms with Gasteiger partial charge in [-0.05, 0) is 29.8 Å². The van der Waals surface area contributed by atoms with Gasteiger partial charge in [0.1, 0.15) is 0 Å². The first kappa shape index (κ1) is 15.5. The van der Waals surface area contributed by atoms with Gasteiger partial charge < -0.3 is 10.1 Å². The quantitative estimate of drug-likeness (QED) is 0.686. The Hall–Kier alpha value is -2.40. The highest BCUT2D eigenvalue weighted by atomic mass is 32.1. The molecular weight excluding hydrogens is 308 g/mol. The largest absolute Gasteiger partial charge is 0.478 e. The number of thiazole rings is 1. The molecule has 0 aliphatic carbocycles. The second-order valence-electron chi connectivity index (χ2n) is 6.48. The van der Waals surface area contributed by atoms with Crippen molar-refractivity contribution in [3.05, 3.63) is 47.1 Å². The molecular formula is C18H18N2O2S. The number of hydrogen-bond donors (Lipinski definition) is 2. The average molecular weight is 326 g/mol. The normalized spacial score (nSPS) is 12.3. The molecule has 118 valence electrons. The highest BCUT2D eigenvalue weighted by Crippen LogP contribution is 2.33. The minimum absolute atomic E-state index is 0.0454. The molecule has 0 amide bonds. The van der Waals surface area contributed by atoms with Gasteiger partial charge in [-0.1, -0.05) is 26.8 Å². The number of nitrogens with one attached hydrogen (secondary N) is 1. The first-order valence-electron chi connectivity index (χ1n) is 7.33. The number of benzene rings is 1. The maximum atomic E-state index is 10.6. The van der Waals surface area contributed by atoms with Gasteiger partial charge in [-0.3, -0.25) is 0 Å². The van der Waals surface area contributed by atoms with Crippen molar-refractivity contribution < 1.29 is 9.90 Å². The Kier molecular flexibility index (Phi) is 3.82. The fourth-order valence-electron chi connectivity index (χ4n) is 2.30. The van der Waals surface area contributed by atoms with Gasteiger partial charge in [0, 0.05) is 28.6 Å². The number of carboxylic acid groups (broad SMARTS) is 1. The van der Waals surface area contributed by atoms with Crippen LogP contribution in [0.15, 0.2) is 36.5 Å². The lowest BCUT2D eigenvalue weighted by Crippen LogP contribution is -2.09. The fourth-order valence-corrected chi connectivity index (χ4v) is 3.25. The Morgan fingerprint density at radius 1 is 1.30 bits per heavy atom. The van der Waals surface area contributed by atoms with E-state index in [1.807, 2.05) is 24.4 Å². The standard InChI is InChI=1S/C18H18N2O2S/c1-18(2,3)17-19-10-15(23-17)14-9-12-8-11(5-7-16(21)22)4-6-13(12)20-14/h4-10,20H,1-3H3,(H,21,22)/b7-5+. The lowest BCUT2D eigenvalue weighted by atomic mass is 9.98. The van der Waals surface area contributed by atoms with Gasteiger partial charge in [-0.25, -0.2) is 9.78 Å². The highest BCUT2D eigenvalue weighted by molar-refractivity contribution is 7.15. The lowest BCUT2D eigenvalue weighted by Gasteiger charge is -2.13. The molecule has 3 aromatic rings. The third-order valence-corrected chi connectivity index (χ3v) is 4.93. The Morgan fingerprint density at radius 2 is 2.09 bits per heavy atom. The van der Waals surface area contributed by atoms with Crippen molar-refractivity contribution in [2.75, 3.05) is 0 Å². The molecule has 0 aliphatic heterocycles. The minimum Gasteiger partial charge on any atom is -0.478 e. The number of H-pyrrole nitrogens is 1. The number of nitrogens with zero attached hydrogens (tertiary/aromatic N) is 1. The van der Waals surface area contributed by atoms with E-state index in [2.05, 4.69) is 36.8 Å². The van der Waals surface area contributed by atoms with Crippen LogP contribution in [0.4, 0.5) is 0 Å². The van der Waals surface area contributed by atoms with Crippen LogP contribution in [0.5, 0.6) is 0 Å². The van der Waals surface area contributed by atoms with Crippen LogP contribution in [0.3, 0.4) is 0 Å². The third-order valence-electron chi connectivity index (χ3n) is 3.48. The molecule has 0 fully saturated rings. The number of carbonyl (C=O) groups is 1. The van der Waals surface area contributed by atoms with Crippen molar-refractivity contribution >= 4 is 34.3 Å². The fraction of sp³-hybridized carbons (Fsp3) is 0.222. The number of fused-ring (bicyclic) bond motifs is 1. The van der Waals surface area contributed by atoms with Crippen molar-refractivity contribution in [1.82, 2.24) is 9.97 Å². The zero-order valence-electron chi connectivity index (χ0n) is 13.3. The number of rotatable bonds is 3. The maximum absolute atomic E-state index is 10.6. The molecule has 4 nitrogen and oxygen atoms in total. The van der Waals surface area contributed by atoms with E-state index in [9.17, 15) is 4.79 Å². The van der Waals surface area contributed by atoms with Crippen LogP contribution in [-0.2, 0) is 10.2 Å². The van der Waals surface area contributed by atoms with Gasteiger partial charge in [-0.2, -0.15) is 0 Å². The van der Waals surface area contributed by atoms with E-state index in [1.165, 1.54) is 0 Å². The number of aromatic nitrogens is 2. The molecule has 0 spiro atoms. The second-order valence-corrected chi connectivity index (χ2v) is 7.51. The SMILES string of the molecule is CC(C)(C)c1ncc(-c2cc3cc(/C=C/C(=O)O)ccc3[nH]2)s1.